The summed E-state index contributed by atoms with van der Waals surface area (Å²) in [6, 6.07) is 2.44. The molecular weight excluding hydrogens is 190 g/mol. The molecule has 0 spiro atoms. The molecule has 0 heterocycles. The summed E-state index contributed by atoms with van der Waals surface area (Å²) in [5.41, 5.74) is 0.510. The summed E-state index contributed by atoms with van der Waals surface area (Å²) in [7, 11) is 1.27. The Morgan fingerprint density at radius 1 is 1.43 bits per heavy atom. The maximum atomic E-state index is 13.0. The van der Waals surface area contributed by atoms with Crippen molar-refractivity contribution in [2.24, 2.45) is 0 Å². The van der Waals surface area contributed by atoms with Crippen LogP contribution in [-0.2, 0) is 6.42 Å². The first-order chi connectivity index (χ1) is 6.54. The third kappa shape index (κ3) is 2.42. The van der Waals surface area contributed by atoms with Gasteiger partial charge in [0, 0.05) is 0 Å². The normalized spacial score (nSPS) is 12.6. The predicted molar refractivity (Wildman–Crippen MR) is 48.3 cm³/mol. The van der Waals surface area contributed by atoms with Crippen LogP contribution in [0.1, 0.15) is 12.5 Å². The summed E-state index contributed by atoms with van der Waals surface area (Å²) in [6.07, 6.45) is -0.322. The van der Waals surface area contributed by atoms with Crippen molar-refractivity contribution in [3.8, 4) is 5.75 Å². The van der Waals surface area contributed by atoms with E-state index in [0.717, 1.165) is 6.07 Å². The van der Waals surface area contributed by atoms with E-state index in [9.17, 15) is 8.78 Å². The Hall–Kier alpha value is -1.16. The summed E-state index contributed by atoms with van der Waals surface area (Å²) in [4.78, 5) is 0. The highest BCUT2D eigenvalue weighted by molar-refractivity contribution is 5.31. The summed E-state index contributed by atoms with van der Waals surface area (Å²) in [5, 5.41) is 9.07. The van der Waals surface area contributed by atoms with Crippen molar-refractivity contribution < 1.29 is 18.6 Å². The van der Waals surface area contributed by atoms with Crippen LogP contribution in [0.2, 0.25) is 0 Å². The molecule has 1 unspecified atom stereocenters. The van der Waals surface area contributed by atoms with Crippen LogP contribution in [0.15, 0.2) is 12.1 Å². The molecule has 1 aromatic carbocycles. The van der Waals surface area contributed by atoms with E-state index in [1.807, 2.05) is 0 Å². The van der Waals surface area contributed by atoms with Gasteiger partial charge < -0.3 is 9.84 Å². The molecule has 0 radical (unpaired) electrons. The van der Waals surface area contributed by atoms with Crippen LogP contribution >= 0.6 is 0 Å². The summed E-state index contributed by atoms with van der Waals surface area (Å²) >= 11 is 0. The molecule has 0 aliphatic carbocycles. The summed E-state index contributed by atoms with van der Waals surface area (Å²) < 4.78 is 30.5. The van der Waals surface area contributed by atoms with Crippen LogP contribution in [0.5, 0.6) is 5.75 Å². The monoisotopic (exact) mass is 202 g/mol. The van der Waals surface area contributed by atoms with Gasteiger partial charge in [-0.05, 0) is 31.0 Å². The second-order valence-corrected chi connectivity index (χ2v) is 3.15. The Kier molecular flexibility index (Phi) is 3.41. The third-order valence-electron chi connectivity index (χ3n) is 1.81. The number of aliphatic hydroxyl groups is 1. The van der Waals surface area contributed by atoms with Gasteiger partial charge >= 0.3 is 0 Å². The zero-order chi connectivity index (χ0) is 10.7. The van der Waals surface area contributed by atoms with Gasteiger partial charge in [-0.15, -0.1) is 0 Å². The highest BCUT2D eigenvalue weighted by Gasteiger charge is 2.11. The lowest BCUT2D eigenvalue weighted by atomic mass is 10.1. The first-order valence-corrected chi connectivity index (χ1v) is 4.24. The van der Waals surface area contributed by atoms with Gasteiger partial charge in [-0.3, -0.25) is 0 Å². The lowest BCUT2D eigenvalue weighted by Crippen LogP contribution is -2.05. The minimum atomic E-state index is -0.998. The molecule has 0 saturated heterocycles. The Morgan fingerprint density at radius 3 is 2.57 bits per heavy atom. The van der Waals surface area contributed by atoms with Crippen LogP contribution in [0.25, 0.3) is 0 Å². The maximum Gasteiger partial charge on any atom is 0.200 e. The number of methoxy groups -OCH3 is 1. The third-order valence-corrected chi connectivity index (χ3v) is 1.81. The van der Waals surface area contributed by atoms with Crippen molar-refractivity contribution in [2.75, 3.05) is 7.11 Å². The first-order valence-electron chi connectivity index (χ1n) is 4.24. The minimum Gasteiger partial charge on any atom is -0.494 e. The van der Waals surface area contributed by atoms with Gasteiger partial charge in [0.2, 0.25) is 5.82 Å². The molecule has 0 fully saturated rings. The molecule has 1 aromatic rings. The van der Waals surface area contributed by atoms with Gasteiger partial charge in [-0.2, -0.15) is 4.39 Å². The molecule has 1 rings (SSSR count). The Balaban J connectivity index is 3.03. The second kappa shape index (κ2) is 4.37. The van der Waals surface area contributed by atoms with Gasteiger partial charge in [0.25, 0.3) is 0 Å². The predicted octanol–water partition coefficient (Wildman–Crippen LogP) is 1.90. The Morgan fingerprint density at radius 2 is 2.07 bits per heavy atom. The Labute approximate surface area is 81.1 Å². The zero-order valence-corrected chi connectivity index (χ0v) is 8.05. The highest BCUT2D eigenvalue weighted by atomic mass is 19.2. The van der Waals surface area contributed by atoms with Crippen LogP contribution in [0.4, 0.5) is 8.78 Å². The van der Waals surface area contributed by atoms with Gasteiger partial charge in [0.05, 0.1) is 13.2 Å². The van der Waals surface area contributed by atoms with Crippen LogP contribution in [-0.4, -0.2) is 18.3 Å². The van der Waals surface area contributed by atoms with Crippen molar-refractivity contribution in [1.29, 1.82) is 0 Å². The van der Waals surface area contributed by atoms with Crippen molar-refractivity contribution in [3.63, 3.8) is 0 Å². The molecule has 0 bridgehead atoms. The van der Waals surface area contributed by atoms with Crippen molar-refractivity contribution >= 4 is 0 Å². The lowest BCUT2D eigenvalue weighted by Gasteiger charge is -2.08. The van der Waals surface area contributed by atoms with Gasteiger partial charge in [0.15, 0.2) is 11.6 Å². The number of ether oxygens (including phenoxy) is 1. The average Bonchev–Trinajstić information content (AvgIpc) is 2.10. The molecule has 1 atom stereocenters. The number of hydrogen-bond acceptors (Lipinski definition) is 2. The molecule has 14 heavy (non-hydrogen) atoms. The molecule has 78 valence electrons. The van der Waals surface area contributed by atoms with E-state index in [4.69, 9.17) is 5.11 Å². The molecule has 0 aliphatic rings. The minimum absolute atomic E-state index is 0.138. The molecule has 0 saturated carbocycles. The van der Waals surface area contributed by atoms with E-state index in [1.165, 1.54) is 13.2 Å². The second-order valence-electron chi connectivity index (χ2n) is 3.15. The SMILES string of the molecule is COc1cc(CC(C)O)cc(F)c1F. The summed E-state index contributed by atoms with van der Waals surface area (Å²) in [6.45, 7) is 1.58. The zero-order valence-electron chi connectivity index (χ0n) is 8.05. The fourth-order valence-electron chi connectivity index (χ4n) is 1.22. The number of aliphatic hydroxyl groups excluding tert-OH is 1. The smallest absolute Gasteiger partial charge is 0.200 e. The Bertz CT molecular complexity index is 324. The number of rotatable bonds is 3. The van der Waals surface area contributed by atoms with Crippen molar-refractivity contribution in [3.05, 3.63) is 29.3 Å². The lowest BCUT2D eigenvalue weighted by molar-refractivity contribution is 0.195. The van der Waals surface area contributed by atoms with Crippen LogP contribution < -0.4 is 4.74 Å². The molecule has 1 N–H and O–H groups in total. The molecule has 0 amide bonds. The fourth-order valence-corrected chi connectivity index (χ4v) is 1.22. The molecule has 0 aromatic heterocycles. The van der Waals surface area contributed by atoms with E-state index >= 15 is 0 Å². The number of halogens is 2. The van der Waals surface area contributed by atoms with E-state index in [2.05, 4.69) is 4.74 Å². The number of benzene rings is 1. The standard InChI is InChI=1S/C10H12F2O2/c1-6(13)3-7-4-8(11)10(12)9(5-7)14-2/h4-6,13H,3H2,1-2H3. The largest absolute Gasteiger partial charge is 0.494 e. The molecule has 4 heteroatoms. The van der Waals surface area contributed by atoms with E-state index in [1.54, 1.807) is 6.92 Å². The van der Waals surface area contributed by atoms with Crippen molar-refractivity contribution in [2.45, 2.75) is 19.4 Å². The van der Waals surface area contributed by atoms with Crippen LogP contribution in [0.3, 0.4) is 0 Å². The molecule has 0 aliphatic heterocycles. The van der Waals surface area contributed by atoms with Gasteiger partial charge in [-0.1, -0.05) is 0 Å². The van der Waals surface area contributed by atoms with E-state index < -0.39 is 17.7 Å². The van der Waals surface area contributed by atoms with Gasteiger partial charge in [-0.25, -0.2) is 4.39 Å². The van der Waals surface area contributed by atoms with Gasteiger partial charge in [0.1, 0.15) is 0 Å². The summed E-state index contributed by atoms with van der Waals surface area (Å²) in [5.74, 6) is -2.09. The van der Waals surface area contributed by atoms with E-state index in [0.29, 0.717) is 5.56 Å². The van der Waals surface area contributed by atoms with E-state index in [-0.39, 0.29) is 12.2 Å². The molecular formula is C10H12F2O2. The quantitative estimate of drug-likeness (QED) is 0.811. The van der Waals surface area contributed by atoms with Crippen LogP contribution in [0, 0.1) is 11.6 Å². The topological polar surface area (TPSA) is 29.5 Å². The van der Waals surface area contributed by atoms with Crippen molar-refractivity contribution in [1.82, 2.24) is 0 Å². The molecule has 2 nitrogen and oxygen atoms in total. The highest BCUT2D eigenvalue weighted by Crippen LogP contribution is 2.22. The number of hydrogen-bond donors (Lipinski definition) is 1. The average molecular weight is 202 g/mol. The fraction of sp³-hybridized carbons (Fsp3) is 0.400. The maximum absolute atomic E-state index is 13.0. The first kappa shape index (κ1) is 10.9.